The van der Waals surface area contributed by atoms with Crippen LogP contribution in [0.1, 0.15) is 59.4 Å². The van der Waals surface area contributed by atoms with Gasteiger partial charge in [-0.3, -0.25) is 4.79 Å². The largest absolute Gasteiger partial charge is 0.351 e. The van der Waals surface area contributed by atoms with Gasteiger partial charge in [-0.1, -0.05) is 51.1 Å². The van der Waals surface area contributed by atoms with Crippen molar-refractivity contribution in [3.05, 3.63) is 35.9 Å². The maximum Gasteiger partial charge on any atom is 0.220 e. The van der Waals surface area contributed by atoms with Crippen molar-refractivity contribution >= 4 is 5.91 Å². The summed E-state index contributed by atoms with van der Waals surface area (Å²) in [4.78, 5) is 12.0. The molecule has 0 unspecified atom stereocenters. The van der Waals surface area contributed by atoms with Gasteiger partial charge >= 0.3 is 0 Å². The molecular weight excluding hydrogens is 246 g/mol. The molecule has 0 aliphatic heterocycles. The summed E-state index contributed by atoms with van der Waals surface area (Å²) in [6.45, 7) is 10.8. The van der Waals surface area contributed by atoms with Crippen molar-refractivity contribution in [3.63, 3.8) is 0 Å². The fourth-order valence-corrected chi connectivity index (χ4v) is 2.91. The van der Waals surface area contributed by atoms with E-state index in [1.807, 2.05) is 18.2 Å². The van der Waals surface area contributed by atoms with Gasteiger partial charge in [-0.05, 0) is 44.1 Å². The predicted octanol–water partition coefficient (Wildman–Crippen LogP) is 4.34. The van der Waals surface area contributed by atoms with Gasteiger partial charge in [0.15, 0.2) is 0 Å². The molecule has 0 aliphatic rings. The van der Waals surface area contributed by atoms with E-state index in [4.69, 9.17) is 0 Å². The molecule has 1 aromatic rings. The van der Waals surface area contributed by atoms with Gasteiger partial charge in [0.25, 0.3) is 0 Å². The zero-order chi connectivity index (χ0) is 15.2. The molecule has 0 bridgehead atoms. The van der Waals surface area contributed by atoms with Gasteiger partial charge in [-0.2, -0.15) is 0 Å². The number of nitrogens with one attached hydrogen (secondary N) is 1. The maximum absolute atomic E-state index is 12.0. The molecule has 1 aromatic carbocycles. The van der Waals surface area contributed by atoms with Crippen LogP contribution in [0.2, 0.25) is 0 Å². The van der Waals surface area contributed by atoms with Crippen LogP contribution in [-0.4, -0.2) is 11.4 Å². The fourth-order valence-electron chi connectivity index (χ4n) is 2.91. The molecule has 0 spiro atoms. The highest BCUT2D eigenvalue weighted by atomic mass is 16.1. The second-order valence-corrected chi connectivity index (χ2v) is 7.51. The molecule has 1 amide bonds. The van der Waals surface area contributed by atoms with Crippen LogP contribution in [0.3, 0.4) is 0 Å². The van der Waals surface area contributed by atoms with Crippen LogP contribution >= 0.6 is 0 Å². The third kappa shape index (κ3) is 7.32. The average Bonchev–Trinajstić information content (AvgIpc) is 2.26. The number of carbonyl (C=O) groups excluding carboxylic acids is 1. The Morgan fingerprint density at radius 2 is 1.65 bits per heavy atom. The Bertz CT molecular complexity index is 415. The maximum atomic E-state index is 12.0. The van der Waals surface area contributed by atoms with Crippen molar-refractivity contribution < 1.29 is 4.79 Å². The lowest BCUT2D eigenvalue weighted by Gasteiger charge is -2.33. The quantitative estimate of drug-likeness (QED) is 0.822. The van der Waals surface area contributed by atoms with E-state index in [-0.39, 0.29) is 16.9 Å². The zero-order valence-corrected chi connectivity index (χ0v) is 13.6. The van der Waals surface area contributed by atoms with Crippen LogP contribution < -0.4 is 5.32 Å². The van der Waals surface area contributed by atoms with Crippen LogP contribution in [0.25, 0.3) is 0 Å². The van der Waals surface area contributed by atoms with Crippen molar-refractivity contribution in [3.8, 4) is 0 Å². The first-order valence-electron chi connectivity index (χ1n) is 7.53. The number of rotatable bonds is 6. The Morgan fingerprint density at radius 3 is 2.20 bits per heavy atom. The summed E-state index contributed by atoms with van der Waals surface area (Å²) in [6, 6.07) is 10.3. The molecule has 112 valence electrons. The van der Waals surface area contributed by atoms with Crippen molar-refractivity contribution in [1.82, 2.24) is 5.32 Å². The van der Waals surface area contributed by atoms with E-state index in [2.05, 4.69) is 52.1 Å². The van der Waals surface area contributed by atoms with Crippen molar-refractivity contribution in [2.24, 2.45) is 5.41 Å². The Balaban J connectivity index is 2.33. The summed E-state index contributed by atoms with van der Waals surface area (Å²) in [6.07, 6.45) is 3.45. The third-order valence-electron chi connectivity index (χ3n) is 3.16. The number of carbonyl (C=O) groups is 1. The van der Waals surface area contributed by atoms with Gasteiger partial charge < -0.3 is 5.32 Å². The molecule has 0 aromatic heterocycles. The average molecular weight is 275 g/mol. The Hall–Kier alpha value is -1.31. The van der Waals surface area contributed by atoms with Crippen molar-refractivity contribution in [1.29, 1.82) is 0 Å². The summed E-state index contributed by atoms with van der Waals surface area (Å²) in [5, 5.41) is 3.16. The summed E-state index contributed by atoms with van der Waals surface area (Å²) in [5.41, 5.74) is 1.39. The molecule has 0 saturated carbocycles. The summed E-state index contributed by atoms with van der Waals surface area (Å²) in [7, 11) is 0. The molecule has 0 saturated heterocycles. The first-order valence-corrected chi connectivity index (χ1v) is 7.53. The first kappa shape index (κ1) is 16.7. The summed E-state index contributed by atoms with van der Waals surface area (Å²) in [5.74, 6) is 0.162. The standard InChI is InChI=1S/C18H29NO/c1-17(2,3)14-18(4,5)19-16(20)13-9-12-15-10-7-6-8-11-15/h6-8,10-11H,9,12-14H2,1-5H3,(H,19,20). The van der Waals surface area contributed by atoms with Crippen molar-refractivity contribution in [2.45, 2.75) is 65.8 Å². The van der Waals surface area contributed by atoms with Gasteiger partial charge in [0.1, 0.15) is 0 Å². The highest BCUT2D eigenvalue weighted by molar-refractivity contribution is 5.76. The van der Waals surface area contributed by atoms with Crippen molar-refractivity contribution in [2.75, 3.05) is 0 Å². The summed E-state index contributed by atoms with van der Waals surface area (Å²) >= 11 is 0. The van der Waals surface area contributed by atoms with E-state index in [1.165, 1.54) is 5.56 Å². The lowest BCUT2D eigenvalue weighted by atomic mass is 9.81. The molecule has 0 fully saturated rings. The van der Waals surface area contributed by atoms with Crippen LogP contribution in [0.15, 0.2) is 30.3 Å². The smallest absolute Gasteiger partial charge is 0.220 e. The van der Waals surface area contributed by atoms with Gasteiger partial charge in [-0.15, -0.1) is 0 Å². The second-order valence-electron chi connectivity index (χ2n) is 7.51. The zero-order valence-electron chi connectivity index (χ0n) is 13.6. The van der Waals surface area contributed by atoms with E-state index in [0.29, 0.717) is 6.42 Å². The molecule has 1 rings (SSSR count). The van der Waals surface area contributed by atoms with E-state index < -0.39 is 0 Å². The molecule has 1 N–H and O–H groups in total. The molecular formula is C18H29NO. The number of hydrogen-bond donors (Lipinski definition) is 1. The van der Waals surface area contributed by atoms with E-state index in [0.717, 1.165) is 19.3 Å². The Kier molecular flexibility index (Phi) is 5.79. The normalized spacial score (nSPS) is 12.2. The number of aryl methyl sites for hydroxylation is 1. The minimum absolute atomic E-state index is 0.137. The highest BCUT2D eigenvalue weighted by Crippen LogP contribution is 2.26. The fraction of sp³-hybridized carbons (Fsp3) is 0.611. The molecule has 0 heterocycles. The first-order chi connectivity index (χ1) is 9.18. The SMILES string of the molecule is CC(C)(C)CC(C)(C)NC(=O)CCCc1ccccc1. The van der Waals surface area contributed by atoms with Crippen LogP contribution in [-0.2, 0) is 11.2 Å². The molecule has 2 nitrogen and oxygen atoms in total. The van der Waals surface area contributed by atoms with Gasteiger partial charge in [0.05, 0.1) is 0 Å². The predicted molar refractivity (Wildman–Crippen MR) is 85.7 cm³/mol. The molecule has 0 radical (unpaired) electrons. The minimum atomic E-state index is -0.137. The summed E-state index contributed by atoms with van der Waals surface area (Å²) < 4.78 is 0. The van der Waals surface area contributed by atoms with E-state index >= 15 is 0 Å². The molecule has 0 atom stereocenters. The monoisotopic (exact) mass is 275 g/mol. The molecule has 0 aliphatic carbocycles. The minimum Gasteiger partial charge on any atom is -0.351 e. The van der Waals surface area contributed by atoms with Crippen LogP contribution in [0, 0.1) is 5.41 Å². The van der Waals surface area contributed by atoms with Gasteiger partial charge in [0, 0.05) is 12.0 Å². The topological polar surface area (TPSA) is 29.1 Å². The lowest BCUT2D eigenvalue weighted by molar-refractivity contribution is -0.123. The Labute approximate surface area is 124 Å². The Morgan fingerprint density at radius 1 is 1.05 bits per heavy atom. The second kappa shape index (κ2) is 6.92. The lowest BCUT2D eigenvalue weighted by Crippen LogP contribution is -2.45. The van der Waals surface area contributed by atoms with E-state index in [9.17, 15) is 4.79 Å². The van der Waals surface area contributed by atoms with Crippen LogP contribution in [0.4, 0.5) is 0 Å². The molecule has 2 heteroatoms. The van der Waals surface area contributed by atoms with Gasteiger partial charge in [0.2, 0.25) is 5.91 Å². The number of amides is 1. The third-order valence-corrected chi connectivity index (χ3v) is 3.16. The van der Waals surface area contributed by atoms with E-state index in [1.54, 1.807) is 0 Å². The van der Waals surface area contributed by atoms with Gasteiger partial charge in [-0.25, -0.2) is 0 Å². The number of hydrogen-bond acceptors (Lipinski definition) is 1. The highest BCUT2D eigenvalue weighted by Gasteiger charge is 2.26. The van der Waals surface area contributed by atoms with Crippen LogP contribution in [0.5, 0.6) is 0 Å². The number of benzene rings is 1. The molecule has 20 heavy (non-hydrogen) atoms.